The van der Waals surface area contributed by atoms with Crippen molar-refractivity contribution in [3.05, 3.63) is 64.1 Å². The molecular weight excluding hydrogens is 451 g/mol. The fraction of sp³-hybridized carbons (Fsp3) is 0.292. The Balaban J connectivity index is 1.56. The summed E-state index contributed by atoms with van der Waals surface area (Å²) in [6.07, 6.45) is 1.50. The molecule has 1 amide bonds. The zero-order chi connectivity index (χ0) is 22.9. The molecule has 1 aliphatic rings. The Hall–Kier alpha value is -2.67. The highest BCUT2D eigenvalue weighted by molar-refractivity contribution is 6.39. The number of nitrogens with one attached hydrogen (secondary N) is 1. The summed E-state index contributed by atoms with van der Waals surface area (Å²) in [6.45, 7) is 2.19. The lowest BCUT2D eigenvalue weighted by molar-refractivity contribution is -0.147. The average molecular weight is 473 g/mol. The van der Waals surface area contributed by atoms with E-state index in [2.05, 4.69) is 10.3 Å². The van der Waals surface area contributed by atoms with Crippen LogP contribution in [0.25, 0.3) is 22.2 Å². The van der Waals surface area contributed by atoms with Crippen LogP contribution in [0.3, 0.4) is 0 Å². The highest BCUT2D eigenvalue weighted by atomic mass is 35.5. The zero-order valence-corrected chi connectivity index (χ0v) is 18.9. The molecule has 2 atom stereocenters. The maximum atomic E-state index is 12.6. The molecule has 0 spiro atoms. The molecule has 3 aromatic rings. The summed E-state index contributed by atoms with van der Waals surface area (Å²) in [7, 11) is 0. The van der Waals surface area contributed by atoms with E-state index < -0.39 is 23.5 Å². The predicted octanol–water partition coefficient (Wildman–Crippen LogP) is 4.89. The van der Waals surface area contributed by atoms with Crippen LogP contribution < -0.4 is 5.32 Å². The molecule has 1 aliphatic heterocycles. The second kappa shape index (κ2) is 9.06. The SMILES string of the molecule is CC1(C(=O)NC(Cc2ccc3nc(-c4c(Cl)cccc4Cl)ccc3c2)C(=O)O)CCCO1. The molecule has 0 radical (unpaired) electrons. The van der Waals surface area contributed by atoms with E-state index in [0.29, 0.717) is 34.3 Å². The van der Waals surface area contributed by atoms with Crippen LogP contribution in [0.4, 0.5) is 0 Å². The van der Waals surface area contributed by atoms with E-state index in [1.165, 1.54) is 0 Å². The third-order valence-electron chi connectivity index (χ3n) is 5.71. The first-order valence-electron chi connectivity index (χ1n) is 10.3. The number of carboxylic acid groups (broad SMARTS) is 1. The first kappa shape index (κ1) is 22.5. The van der Waals surface area contributed by atoms with Crippen molar-refractivity contribution in [1.82, 2.24) is 10.3 Å². The minimum atomic E-state index is -1.10. The quantitative estimate of drug-likeness (QED) is 0.532. The van der Waals surface area contributed by atoms with Crippen LogP contribution >= 0.6 is 23.2 Å². The highest BCUT2D eigenvalue weighted by Gasteiger charge is 2.39. The normalized spacial score (nSPS) is 19.1. The largest absolute Gasteiger partial charge is 0.480 e. The number of aromatic nitrogens is 1. The molecule has 2 N–H and O–H groups in total. The summed E-state index contributed by atoms with van der Waals surface area (Å²) in [4.78, 5) is 29.0. The number of nitrogens with zero attached hydrogens (tertiary/aromatic N) is 1. The Morgan fingerprint density at radius 1 is 1.19 bits per heavy atom. The molecule has 32 heavy (non-hydrogen) atoms. The van der Waals surface area contributed by atoms with Gasteiger partial charge in [0.05, 0.1) is 21.3 Å². The van der Waals surface area contributed by atoms with E-state index in [0.717, 1.165) is 22.9 Å². The van der Waals surface area contributed by atoms with Gasteiger partial charge in [-0.3, -0.25) is 4.79 Å². The lowest BCUT2D eigenvalue weighted by Crippen LogP contribution is -2.51. The van der Waals surface area contributed by atoms with Gasteiger partial charge in [0.1, 0.15) is 11.6 Å². The van der Waals surface area contributed by atoms with Crippen LogP contribution in [-0.4, -0.2) is 40.2 Å². The van der Waals surface area contributed by atoms with Gasteiger partial charge in [0.2, 0.25) is 0 Å². The molecule has 2 aromatic carbocycles. The summed E-state index contributed by atoms with van der Waals surface area (Å²) in [6, 6.07) is 13.5. The van der Waals surface area contributed by atoms with Gasteiger partial charge >= 0.3 is 5.97 Å². The van der Waals surface area contributed by atoms with Crippen molar-refractivity contribution >= 4 is 46.0 Å². The van der Waals surface area contributed by atoms with E-state index in [9.17, 15) is 14.7 Å². The van der Waals surface area contributed by atoms with E-state index in [1.54, 1.807) is 25.1 Å². The van der Waals surface area contributed by atoms with Gasteiger partial charge in [-0.2, -0.15) is 0 Å². The van der Waals surface area contributed by atoms with Gasteiger partial charge in [0.15, 0.2) is 0 Å². The van der Waals surface area contributed by atoms with Crippen LogP contribution in [0.1, 0.15) is 25.3 Å². The topological polar surface area (TPSA) is 88.5 Å². The van der Waals surface area contributed by atoms with E-state index in [1.807, 2.05) is 30.3 Å². The summed E-state index contributed by atoms with van der Waals surface area (Å²) in [5, 5.41) is 14.1. The molecule has 0 aliphatic carbocycles. The predicted molar refractivity (Wildman–Crippen MR) is 124 cm³/mol. The molecule has 166 valence electrons. The lowest BCUT2D eigenvalue weighted by Gasteiger charge is -2.24. The van der Waals surface area contributed by atoms with Gasteiger partial charge in [0, 0.05) is 24.0 Å². The fourth-order valence-electron chi connectivity index (χ4n) is 3.89. The first-order valence-corrected chi connectivity index (χ1v) is 11.0. The van der Waals surface area contributed by atoms with Gasteiger partial charge in [-0.1, -0.05) is 41.4 Å². The van der Waals surface area contributed by atoms with Crippen molar-refractivity contribution in [2.75, 3.05) is 6.61 Å². The number of carboxylic acids is 1. The number of fused-ring (bicyclic) bond motifs is 1. The minimum absolute atomic E-state index is 0.144. The van der Waals surface area contributed by atoms with Crippen molar-refractivity contribution in [2.45, 2.75) is 37.8 Å². The van der Waals surface area contributed by atoms with E-state index in [4.69, 9.17) is 27.9 Å². The van der Waals surface area contributed by atoms with Crippen LogP contribution in [-0.2, 0) is 20.7 Å². The second-order valence-electron chi connectivity index (χ2n) is 8.07. The number of hydrogen-bond acceptors (Lipinski definition) is 4. The number of ether oxygens (including phenoxy) is 1. The number of pyridine rings is 1. The summed E-state index contributed by atoms with van der Waals surface area (Å²) >= 11 is 12.6. The summed E-state index contributed by atoms with van der Waals surface area (Å²) in [5.41, 5.74) is 1.84. The Kier molecular flexibility index (Phi) is 6.38. The Morgan fingerprint density at radius 3 is 2.59 bits per heavy atom. The third-order valence-corrected chi connectivity index (χ3v) is 6.34. The van der Waals surface area contributed by atoms with Gasteiger partial charge < -0.3 is 15.2 Å². The van der Waals surface area contributed by atoms with Crippen LogP contribution in [0.15, 0.2) is 48.5 Å². The smallest absolute Gasteiger partial charge is 0.326 e. The highest BCUT2D eigenvalue weighted by Crippen LogP contribution is 2.34. The minimum Gasteiger partial charge on any atom is -0.480 e. The van der Waals surface area contributed by atoms with Crippen LogP contribution in [0, 0.1) is 0 Å². The Bertz CT molecular complexity index is 1170. The molecule has 1 aromatic heterocycles. The molecule has 8 heteroatoms. The number of carbonyl (C=O) groups is 2. The molecule has 0 saturated carbocycles. The summed E-state index contributed by atoms with van der Waals surface area (Å²) < 4.78 is 5.52. The standard InChI is InChI=1S/C24H22Cl2N2O4/c1-24(10-3-11-32-24)23(31)28-20(22(29)30)13-14-6-8-18-15(12-14)7-9-19(27-18)21-16(25)4-2-5-17(21)26/h2,4-9,12,20H,3,10-11,13H2,1H3,(H,28,31)(H,29,30). The number of aliphatic carboxylic acids is 1. The number of hydrogen-bond donors (Lipinski definition) is 2. The van der Waals surface area contributed by atoms with Crippen LogP contribution in [0.2, 0.25) is 10.0 Å². The molecule has 0 bridgehead atoms. The summed E-state index contributed by atoms with van der Waals surface area (Å²) in [5.74, 6) is -1.49. The average Bonchev–Trinajstić information content (AvgIpc) is 3.21. The lowest BCUT2D eigenvalue weighted by atomic mass is 9.99. The van der Waals surface area contributed by atoms with Gasteiger partial charge in [-0.05, 0) is 55.7 Å². The molecule has 1 fully saturated rings. The maximum Gasteiger partial charge on any atom is 0.326 e. The van der Waals surface area contributed by atoms with Gasteiger partial charge in [-0.15, -0.1) is 0 Å². The first-order chi connectivity index (χ1) is 15.3. The Morgan fingerprint density at radius 2 is 1.94 bits per heavy atom. The fourth-order valence-corrected chi connectivity index (χ4v) is 4.48. The molecule has 1 saturated heterocycles. The molecule has 2 heterocycles. The van der Waals surface area contributed by atoms with Crippen molar-refractivity contribution in [1.29, 1.82) is 0 Å². The maximum absolute atomic E-state index is 12.6. The van der Waals surface area contributed by atoms with Gasteiger partial charge in [-0.25, -0.2) is 9.78 Å². The number of benzene rings is 2. The van der Waals surface area contributed by atoms with E-state index in [-0.39, 0.29) is 6.42 Å². The van der Waals surface area contributed by atoms with Crippen molar-refractivity contribution in [3.8, 4) is 11.3 Å². The number of rotatable bonds is 6. The van der Waals surface area contributed by atoms with Gasteiger partial charge in [0.25, 0.3) is 5.91 Å². The second-order valence-corrected chi connectivity index (χ2v) is 8.89. The monoisotopic (exact) mass is 472 g/mol. The molecule has 6 nitrogen and oxygen atoms in total. The third kappa shape index (κ3) is 4.58. The number of carbonyl (C=O) groups excluding carboxylic acids is 1. The van der Waals surface area contributed by atoms with Crippen LogP contribution in [0.5, 0.6) is 0 Å². The van der Waals surface area contributed by atoms with Crippen molar-refractivity contribution in [2.24, 2.45) is 0 Å². The Labute approximate surface area is 195 Å². The molecule has 2 unspecified atom stereocenters. The van der Waals surface area contributed by atoms with Crippen molar-refractivity contribution < 1.29 is 19.4 Å². The van der Waals surface area contributed by atoms with E-state index >= 15 is 0 Å². The number of amides is 1. The molecular formula is C24H22Cl2N2O4. The molecule has 4 rings (SSSR count). The zero-order valence-electron chi connectivity index (χ0n) is 17.4. The van der Waals surface area contributed by atoms with Crippen molar-refractivity contribution in [3.63, 3.8) is 0 Å². The number of halogens is 2.